The molecule has 0 bridgehead atoms. The minimum absolute atomic E-state index is 0.0139. The third-order valence-corrected chi connectivity index (χ3v) is 8.00. The molecule has 1 aliphatic carbocycles. The molecule has 0 unspecified atom stereocenters. The zero-order valence-corrected chi connectivity index (χ0v) is 24.7. The first-order chi connectivity index (χ1) is 19.1. The van der Waals surface area contributed by atoms with Crippen LogP contribution in [-0.2, 0) is 15.7 Å². The van der Waals surface area contributed by atoms with Crippen LogP contribution in [0.15, 0.2) is 42.0 Å². The van der Waals surface area contributed by atoms with Gasteiger partial charge in [0.25, 0.3) is 0 Å². The van der Waals surface area contributed by atoms with Crippen LogP contribution >= 0.6 is 0 Å². The first-order valence-electron chi connectivity index (χ1n) is 14.0. The van der Waals surface area contributed by atoms with E-state index >= 15 is 0 Å². The second-order valence-electron chi connectivity index (χ2n) is 12.3. The Kier molecular flexibility index (Phi) is 8.48. The largest absolute Gasteiger partial charge is 0.496 e. The van der Waals surface area contributed by atoms with Gasteiger partial charge in [-0.25, -0.2) is 4.79 Å². The number of rotatable bonds is 7. The summed E-state index contributed by atoms with van der Waals surface area (Å²) >= 11 is 0. The second-order valence-corrected chi connectivity index (χ2v) is 12.3. The molecule has 4 rings (SSSR count). The number of carbonyl (C=O) groups is 2. The molecule has 0 spiro atoms. The van der Waals surface area contributed by atoms with Gasteiger partial charge in [-0.05, 0) is 85.6 Å². The van der Waals surface area contributed by atoms with Gasteiger partial charge in [0.1, 0.15) is 11.9 Å². The minimum atomic E-state index is -4.50. The van der Waals surface area contributed by atoms with E-state index in [4.69, 9.17) is 9.47 Å². The van der Waals surface area contributed by atoms with Crippen molar-refractivity contribution < 1.29 is 32.2 Å². The number of carbonyl (C=O) groups excluding carboxylic acids is 2. The van der Waals surface area contributed by atoms with Gasteiger partial charge < -0.3 is 14.8 Å². The Labute approximate surface area is 239 Å². The van der Waals surface area contributed by atoms with Gasteiger partial charge in [-0.2, -0.15) is 13.2 Å². The molecule has 1 fully saturated rings. The van der Waals surface area contributed by atoms with Gasteiger partial charge in [0.05, 0.1) is 18.7 Å². The van der Waals surface area contributed by atoms with E-state index in [0.29, 0.717) is 22.6 Å². The number of amides is 2. The molecule has 2 aromatic rings. The standard InChI is InChI=1S/C32H39F3N2O4/c1-18(2)29(38)36-24-8-9-27(40-7)26(15-24)25-10-11-31(5,6)16-22(25)17-37-20(4)28(41-30(37)39)21-12-19(3)13-23(14-21)32(33,34)35/h8-9,12-15,18,20,28H,10-11,16-17H2,1-7H3,(H,36,38)/t20-,28-/m0/s1. The van der Waals surface area contributed by atoms with Crippen molar-refractivity contribution in [2.75, 3.05) is 19.0 Å². The lowest BCUT2D eigenvalue weighted by Crippen LogP contribution is -2.35. The highest BCUT2D eigenvalue weighted by Gasteiger charge is 2.42. The number of ether oxygens (including phenoxy) is 2. The first-order valence-corrected chi connectivity index (χ1v) is 14.0. The Morgan fingerprint density at radius 2 is 1.90 bits per heavy atom. The van der Waals surface area contributed by atoms with Gasteiger partial charge in [-0.3, -0.25) is 9.69 Å². The molecule has 1 N–H and O–H groups in total. The fraction of sp³-hybridized carbons (Fsp3) is 0.500. The first kappa shape index (κ1) is 30.5. The smallest absolute Gasteiger partial charge is 0.416 e. The molecule has 0 saturated carbocycles. The Morgan fingerprint density at radius 1 is 1.20 bits per heavy atom. The lowest BCUT2D eigenvalue weighted by atomic mass is 9.72. The predicted molar refractivity (Wildman–Crippen MR) is 153 cm³/mol. The van der Waals surface area contributed by atoms with Gasteiger partial charge in [0.15, 0.2) is 0 Å². The molecule has 1 aliphatic heterocycles. The zero-order valence-electron chi connectivity index (χ0n) is 24.7. The lowest BCUT2D eigenvalue weighted by molar-refractivity contribution is -0.137. The number of halogens is 3. The average Bonchev–Trinajstić information content (AvgIpc) is 3.16. The number of hydrogen-bond donors (Lipinski definition) is 1. The molecule has 2 aromatic carbocycles. The molecule has 2 aliphatic rings. The Bertz CT molecular complexity index is 1360. The maximum atomic E-state index is 13.5. The molecular formula is C32H39F3N2O4. The van der Waals surface area contributed by atoms with Crippen molar-refractivity contribution in [3.8, 4) is 5.75 Å². The average molecular weight is 573 g/mol. The van der Waals surface area contributed by atoms with Crippen LogP contribution in [0.3, 0.4) is 0 Å². The highest BCUT2D eigenvalue weighted by atomic mass is 19.4. The summed E-state index contributed by atoms with van der Waals surface area (Å²) < 4.78 is 51.9. The van der Waals surface area contributed by atoms with E-state index in [2.05, 4.69) is 19.2 Å². The van der Waals surface area contributed by atoms with Crippen molar-refractivity contribution in [2.45, 2.75) is 79.1 Å². The third kappa shape index (κ3) is 6.71. The molecule has 9 heteroatoms. The number of anilines is 1. The summed E-state index contributed by atoms with van der Waals surface area (Å²) in [7, 11) is 1.60. The normalized spacial score (nSPS) is 20.9. The van der Waals surface area contributed by atoms with Gasteiger partial charge in [-0.15, -0.1) is 0 Å². The number of methoxy groups -OCH3 is 1. The second kappa shape index (κ2) is 11.4. The Hall–Kier alpha value is -3.49. The van der Waals surface area contributed by atoms with Crippen molar-refractivity contribution in [1.29, 1.82) is 0 Å². The molecule has 0 aromatic heterocycles. The van der Waals surface area contributed by atoms with E-state index in [1.807, 2.05) is 32.9 Å². The van der Waals surface area contributed by atoms with E-state index < -0.39 is 30.0 Å². The number of hydrogen-bond acceptors (Lipinski definition) is 4. The molecule has 1 heterocycles. The van der Waals surface area contributed by atoms with Crippen molar-refractivity contribution in [3.63, 3.8) is 0 Å². The molecule has 2 atom stereocenters. The van der Waals surface area contributed by atoms with Crippen LogP contribution in [0.25, 0.3) is 5.57 Å². The lowest BCUT2D eigenvalue weighted by Gasteiger charge is -2.36. The number of alkyl halides is 3. The molecular weight excluding hydrogens is 533 g/mol. The number of cyclic esters (lactones) is 1. The van der Waals surface area contributed by atoms with Crippen LogP contribution in [0.5, 0.6) is 5.75 Å². The number of benzene rings is 2. The van der Waals surface area contributed by atoms with Crippen molar-refractivity contribution in [1.82, 2.24) is 4.90 Å². The third-order valence-electron chi connectivity index (χ3n) is 8.00. The van der Waals surface area contributed by atoms with Crippen LogP contribution in [0.2, 0.25) is 0 Å². The Morgan fingerprint density at radius 3 is 2.54 bits per heavy atom. The minimum Gasteiger partial charge on any atom is -0.496 e. The van der Waals surface area contributed by atoms with Crippen LogP contribution in [0, 0.1) is 18.3 Å². The summed E-state index contributed by atoms with van der Waals surface area (Å²) in [4.78, 5) is 27.1. The summed E-state index contributed by atoms with van der Waals surface area (Å²) in [6.45, 7) is 11.7. The van der Waals surface area contributed by atoms with E-state index in [9.17, 15) is 22.8 Å². The van der Waals surface area contributed by atoms with Crippen molar-refractivity contribution in [3.05, 3.63) is 64.2 Å². The van der Waals surface area contributed by atoms with Gasteiger partial charge in [-0.1, -0.05) is 39.3 Å². The summed E-state index contributed by atoms with van der Waals surface area (Å²) in [5.41, 5.74) is 3.59. The quantitative estimate of drug-likeness (QED) is 0.364. The number of allylic oxidation sites excluding steroid dienone is 1. The van der Waals surface area contributed by atoms with Gasteiger partial charge >= 0.3 is 12.3 Å². The van der Waals surface area contributed by atoms with Crippen LogP contribution in [0.1, 0.15) is 82.2 Å². The Balaban J connectivity index is 1.71. The van der Waals surface area contributed by atoms with Crippen LogP contribution < -0.4 is 10.1 Å². The summed E-state index contributed by atoms with van der Waals surface area (Å²) in [5, 5.41) is 2.95. The van der Waals surface area contributed by atoms with Crippen LogP contribution in [-0.4, -0.2) is 36.6 Å². The van der Waals surface area contributed by atoms with E-state index in [-0.39, 0.29) is 23.8 Å². The molecule has 6 nitrogen and oxygen atoms in total. The molecule has 0 radical (unpaired) electrons. The predicted octanol–water partition coefficient (Wildman–Crippen LogP) is 8.16. The highest BCUT2D eigenvalue weighted by Crippen LogP contribution is 2.46. The summed E-state index contributed by atoms with van der Waals surface area (Å²) in [5.74, 6) is 0.390. The van der Waals surface area contributed by atoms with Crippen molar-refractivity contribution in [2.24, 2.45) is 11.3 Å². The fourth-order valence-corrected chi connectivity index (χ4v) is 5.70. The SMILES string of the molecule is COc1ccc(NC(=O)C(C)C)cc1C1=C(CN2C(=O)O[C@H](c3cc(C)cc(C(F)(F)F)c3)[C@@H]2C)CC(C)(C)CC1. The monoisotopic (exact) mass is 572 g/mol. The van der Waals surface area contributed by atoms with E-state index in [1.165, 1.54) is 0 Å². The van der Waals surface area contributed by atoms with Crippen molar-refractivity contribution >= 4 is 23.3 Å². The molecule has 2 amide bonds. The maximum absolute atomic E-state index is 13.5. The number of nitrogens with one attached hydrogen (secondary N) is 1. The highest BCUT2D eigenvalue weighted by molar-refractivity contribution is 5.93. The fourth-order valence-electron chi connectivity index (χ4n) is 5.70. The number of aryl methyl sites for hydroxylation is 1. The molecule has 222 valence electrons. The zero-order chi connectivity index (χ0) is 30.3. The number of nitrogens with zero attached hydrogens (tertiary/aromatic N) is 1. The molecule has 41 heavy (non-hydrogen) atoms. The molecule has 1 saturated heterocycles. The van der Waals surface area contributed by atoms with Gasteiger partial charge in [0, 0.05) is 23.7 Å². The maximum Gasteiger partial charge on any atom is 0.416 e. The van der Waals surface area contributed by atoms with Crippen LogP contribution in [0.4, 0.5) is 23.7 Å². The summed E-state index contributed by atoms with van der Waals surface area (Å²) in [6.07, 6.45) is -3.50. The summed E-state index contributed by atoms with van der Waals surface area (Å²) in [6, 6.07) is 8.86. The van der Waals surface area contributed by atoms with Gasteiger partial charge in [0.2, 0.25) is 5.91 Å². The van der Waals surface area contributed by atoms with E-state index in [1.54, 1.807) is 31.1 Å². The van der Waals surface area contributed by atoms with E-state index in [0.717, 1.165) is 48.1 Å². The topological polar surface area (TPSA) is 67.9 Å².